The van der Waals surface area contributed by atoms with Crippen molar-refractivity contribution >= 4 is 7.25 Å². The summed E-state index contributed by atoms with van der Waals surface area (Å²) in [4.78, 5) is 0. The van der Waals surface area contributed by atoms with Crippen LogP contribution in [0.2, 0.25) is 0 Å². The summed E-state index contributed by atoms with van der Waals surface area (Å²) in [7, 11) is -3.95. The molecule has 21 heavy (non-hydrogen) atoms. The first-order valence-electron chi connectivity index (χ1n) is 7.04. The van der Waals surface area contributed by atoms with Crippen LogP contribution in [-0.2, 0) is 12.6 Å². The molecule has 0 amide bonds. The maximum Gasteiger partial charge on any atom is 0.673 e. The zero-order valence-corrected chi connectivity index (χ0v) is 13.4. The van der Waals surface area contributed by atoms with E-state index in [0.29, 0.717) is 0 Å². The number of allylic oxidation sites excluding steroid dienone is 2. The van der Waals surface area contributed by atoms with Crippen LogP contribution in [0.4, 0.5) is 17.3 Å². The summed E-state index contributed by atoms with van der Waals surface area (Å²) in [6.07, 6.45) is 13.4. The predicted octanol–water partition coefficient (Wildman–Crippen LogP) is 4.34. The Bertz CT molecular complexity index is 432. The van der Waals surface area contributed by atoms with Crippen molar-refractivity contribution in [3.8, 4) is 0 Å². The van der Waals surface area contributed by atoms with Gasteiger partial charge in [0, 0.05) is 0 Å². The van der Waals surface area contributed by atoms with Crippen molar-refractivity contribution in [2.75, 3.05) is 0 Å². The SMILES string of the molecule is CC[C@H](C)CC=CC(C)(C)n1cc[n+](C)c1.F[B-](F)(F)F. The molecule has 1 aromatic heterocycles. The van der Waals surface area contributed by atoms with E-state index >= 15 is 0 Å². The second-order valence-electron chi connectivity index (χ2n) is 5.79. The van der Waals surface area contributed by atoms with Crippen LogP contribution < -0.4 is 4.57 Å². The van der Waals surface area contributed by atoms with E-state index in [1.54, 1.807) is 0 Å². The fraction of sp³-hybridized carbons (Fsp3) is 0.643. The van der Waals surface area contributed by atoms with E-state index in [1.165, 1.54) is 12.8 Å². The molecule has 1 heterocycles. The molecule has 0 unspecified atom stereocenters. The lowest BCUT2D eigenvalue weighted by Crippen LogP contribution is -2.28. The van der Waals surface area contributed by atoms with E-state index in [4.69, 9.17) is 0 Å². The molecule has 1 rings (SSSR count). The van der Waals surface area contributed by atoms with Crippen LogP contribution in [-0.4, -0.2) is 11.8 Å². The van der Waals surface area contributed by atoms with Crippen LogP contribution in [0.5, 0.6) is 0 Å². The first-order valence-corrected chi connectivity index (χ1v) is 7.04. The van der Waals surface area contributed by atoms with Crippen LogP contribution >= 0.6 is 0 Å². The van der Waals surface area contributed by atoms with Crippen molar-refractivity contribution in [2.24, 2.45) is 13.0 Å². The fourth-order valence-electron chi connectivity index (χ4n) is 1.63. The van der Waals surface area contributed by atoms with Gasteiger partial charge in [-0.15, -0.1) is 0 Å². The van der Waals surface area contributed by atoms with Crippen molar-refractivity contribution in [1.29, 1.82) is 0 Å². The highest BCUT2D eigenvalue weighted by atomic mass is 19.5. The topological polar surface area (TPSA) is 8.81 Å². The number of hydrogen-bond donors (Lipinski definition) is 0. The highest BCUT2D eigenvalue weighted by Crippen LogP contribution is 2.17. The zero-order valence-electron chi connectivity index (χ0n) is 13.4. The third-order valence-electron chi connectivity index (χ3n) is 3.20. The number of rotatable bonds is 5. The van der Waals surface area contributed by atoms with Gasteiger partial charge in [0.25, 0.3) is 0 Å². The summed E-state index contributed by atoms with van der Waals surface area (Å²) >= 11 is 0. The quantitative estimate of drug-likeness (QED) is 0.331. The Morgan fingerprint density at radius 2 is 1.81 bits per heavy atom. The fourth-order valence-corrected chi connectivity index (χ4v) is 1.63. The summed E-state index contributed by atoms with van der Waals surface area (Å²) < 4.78 is 43.3. The molecule has 1 aromatic rings. The number of aryl methyl sites for hydroxylation is 1. The largest absolute Gasteiger partial charge is 0.673 e. The summed E-state index contributed by atoms with van der Waals surface area (Å²) in [5, 5.41) is 0. The van der Waals surface area contributed by atoms with Gasteiger partial charge in [0.1, 0.15) is 17.9 Å². The second kappa shape index (κ2) is 8.24. The van der Waals surface area contributed by atoms with Crippen molar-refractivity contribution in [3.05, 3.63) is 30.9 Å². The Hall–Kier alpha value is -1.27. The Labute approximate surface area is 124 Å². The first-order chi connectivity index (χ1) is 9.45. The van der Waals surface area contributed by atoms with Crippen molar-refractivity contribution in [1.82, 2.24) is 4.57 Å². The van der Waals surface area contributed by atoms with Gasteiger partial charge in [0.15, 0.2) is 0 Å². The van der Waals surface area contributed by atoms with E-state index in [2.05, 4.69) is 74.7 Å². The molecule has 0 aromatic carbocycles. The van der Waals surface area contributed by atoms with Crippen molar-refractivity contribution < 1.29 is 21.8 Å². The minimum absolute atomic E-state index is 0.0642. The highest BCUT2D eigenvalue weighted by Gasteiger charge is 2.21. The summed E-state index contributed by atoms with van der Waals surface area (Å²) in [5.41, 5.74) is 0.0642. The summed E-state index contributed by atoms with van der Waals surface area (Å²) in [5.74, 6) is 0.785. The standard InChI is InChI=1S/C14H25N2.BF4/c1-6-13(2)8-7-9-14(3,4)16-11-10-15(5)12-16;2-1(3,4)5/h7,9-13H,6,8H2,1-5H3;/q+1;-1/t13-;/m0./s1. The van der Waals surface area contributed by atoms with E-state index in [9.17, 15) is 17.3 Å². The first kappa shape index (κ1) is 19.7. The highest BCUT2D eigenvalue weighted by molar-refractivity contribution is 6.50. The molecular formula is C14H25BF4N2. The van der Waals surface area contributed by atoms with Crippen LogP contribution in [0.15, 0.2) is 30.9 Å². The molecule has 1 atom stereocenters. The lowest BCUT2D eigenvalue weighted by molar-refractivity contribution is -0.671. The van der Waals surface area contributed by atoms with Crippen LogP contribution in [0, 0.1) is 5.92 Å². The molecular weight excluding hydrogens is 283 g/mol. The molecule has 0 saturated heterocycles. The van der Waals surface area contributed by atoms with Gasteiger partial charge in [0.2, 0.25) is 6.33 Å². The van der Waals surface area contributed by atoms with E-state index in [-0.39, 0.29) is 5.54 Å². The van der Waals surface area contributed by atoms with Gasteiger partial charge < -0.3 is 17.3 Å². The normalized spacial score (nSPS) is 14.0. The molecule has 0 aliphatic rings. The minimum Gasteiger partial charge on any atom is -0.418 e. The predicted molar refractivity (Wildman–Crippen MR) is 78.3 cm³/mol. The zero-order chi connectivity index (χ0) is 16.7. The van der Waals surface area contributed by atoms with Crippen LogP contribution in [0.1, 0.15) is 40.5 Å². The Morgan fingerprint density at radius 1 is 1.29 bits per heavy atom. The molecule has 0 aliphatic carbocycles. The second-order valence-corrected chi connectivity index (χ2v) is 5.79. The Balaban J connectivity index is 0.000000690. The lowest BCUT2D eigenvalue weighted by atomic mass is 10.0. The maximum absolute atomic E-state index is 9.75. The number of nitrogens with zero attached hydrogens (tertiary/aromatic N) is 2. The van der Waals surface area contributed by atoms with Crippen LogP contribution in [0.25, 0.3) is 0 Å². The Kier molecular flexibility index (Phi) is 7.75. The third-order valence-corrected chi connectivity index (χ3v) is 3.20. The van der Waals surface area contributed by atoms with E-state index in [1.807, 2.05) is 0 Å². The molecule has 2 nitrogen and oxygen atoms in total. The van der Waals surface area contributed by atoms with Gasteiger partial charge in [-0.25, -0.2) is 9.13 Å². The van der Waals surface area contributed by atoms with Gasteiger partial charge in [0.05, 0.1) is 7.05 Å². The molecule has 122 valence electrons. The average molecular weight is 308 g/mol. The van der Waals surface area contributed by atoms with Gasteiger partial charge in [-0.3, -0.25) is 0 Å². The molecule has 0 saturated carbocycles. The van der Waals surface area contributed by atoms with Gasteiger partial charge in [-0.2, -0.15) is 0 Å². The Morgan fingerprint density at radius 3 is 2.19 bits per heavy atom. The number of aromatic nitrogens is 2. The summed E-state index contributed by atoms with van der Waals surface area (Å²) in [6.45, 7) is 9.02. The minimum atomic E-state index is -6.00. The third kappa shape index (κ3) is 10.2. The molecule has 0 fully saturated rings. The smallest absolute Gasteiger partial charge is 0.418 e. The molecule has 0 aliphatic heterocycles. The van der Waals surface area contributed by atoms with E-state index in [0.717, 1.165) is 5.92 Å². The van der Waals surface area contributed by atoms with Gasteiger partial charge in [-0.05, 0) is 32.3 Å². The van der Waals surface area contributed by atoms with Gasteiger partial charge >= 0.3 is 7.25 Å². The molecule has 7 heteroatoms. The van der Waals surface area contributed by atoms with E-state index < -0.39 is 7.25 Å². The maximum atomic E-state index is 9.75. The monoisotopic (exact) mass is 308 g/mol. The van der Waals surface area contributed by atoms with Crippen molar-refractivity contribution in [2.45, 2.75) is 46.1 Å². The number of hydrogen-bond acceptors (Lipinski definition) is 0. The molecule has 0 bridgehead atoms. The van der Waals surface area contributed by atoms with Crippen LogP contribution in [0.3, 0.4) is 0 Å². The number of halogens is 4. The molecule has 0 radical (unpaired) electrons. The summed E-state index contributed by atoms with van der Waals surface area (Å²) in [6, 6.07) is 0. The lowest BCUT2D eigenvalue weighted by Gasteiger charge is -2.16. The number of imidazole rings is 1. The average Bonchev–Trinajstić information content (AvgIpc) is 2.74. The van der Waals surface area contributed by atoms with Gasteiger partial charge in [-0.1, -0.05) is 26.3 Å². The molecule has 0 spiro atoms. The molecule has 0 N–H and O–H groups in total. The van der Waals surface area contributed by atoms with Crippen molar-refractivity contribution in [3.63, 3.8) is 0 Å².